The lowest BCUT2D eigenvalue weighted by Crippen LogP contribution is -2.28. The summed E-state index contributed by atoms with van der Waals surface area (Å²) in [5.41, 5.74) is 0.946. The second-order valence-corrected chi connectivity index (χ2v) is 5.10. The summed E-state index contributed by atoms with van der Waals surface area (Å²) in [4.78, 5) is 0. The van der Waals surface area contributed by atoms with Crippen LogP contribution in [0.2, 0.25) is 0 Å². The Balaban J connectivity index is 2.74. The Morgan fingerprint density at radius 3 is 2.71 bits per heavy atom. The van der Waals surface area contributed by atoms with Crippen molar-refractivity contribution in [3.05, 3.63) is 28.2 Å². The average molecular weight is 271 g/mol. The van der Waals surface area contributed by atoms with Gasteiger partial charge in [-0.25, -0.2) is 0 Å². The second-order valence-electron chi connectivity index (χ2n) is 3.11. The van der Waals surface area contributed by atoms with Crippen LogP contribution in [0.15, 0.2) is 22.7 Å². The molecule has 0 aliphatic carbocycles. The topological polar surface area (TPSA) is 40.5 Å². The lowest BCUT2D eigenvalue weighted by Gasteiger charge is -1.95. The van der Waals surface area contributed by atoms with E-state index in [-0.39, 0.29) is 0 Å². The summed E-state index contributed by atoms with van der Waals surface area (Å²) in [7, 11) is -1.37. The maximum atomic E-state index is 9.13. The quantitative estimate of drug-likeness (QED) is 0.774. The van der Waals surface area contributed by atoms with Crippen molar-refractivity contribution in [1.29, 1.82) is 0 Å². The maximum Gasteiger partial charge on any atom is 0.499 e. The predicted molar refractivity (Wildman–Crippen MR) is 64.1 cm³/mol. The van der Waals surface area contributed by atoms with Gasteiger partial charge < -0.3 is 10.0 Å². The molecule has 2 N–H and O–H groups in total. The van der Waals surface area contributed by atoms with Crippen molar-refractivity contribution in [3.8, 4) is 0 Å². The Morgan fingerprint density at radius 1 is 1.36 bits per heavy atom. The van der Waals surface area contributed by atoms with Crippen molar-refractivity contribution >= 4 is 49.2 Å². The molecule has 0 saturated carbocycles. The van der Waals surface area contributed by atoms with E-state index in [1.165, 1.54) is 11.3 Å². The Hall–Kier alpha value is -0.355. The van der Waals surface area contributed by atoms with Crippen LogP contribution in [0.5, 0.6) is 0 Å². The fourth-order valence-corrected chi connectivity index (χ4v) is 2.88. The van der Waals surface area contributed by atoms with Gasteiger partial charge in [-0.05, 0) is 36.1 Å². The molecule has 72 valence electrons. The zero-order chi connectivity index (χ0) is 10.3. The van der Waals surface area contributed by atoms with Crippen molar-refractivity contribution in [2.24, 2.45) is 0 Å². The van der Waals surface area contributed by atoms with Gasteiger partial charge in [-0.15, -0.1) is 11.3 Å². The monoisotopic (exact) mass is 270 g/mol. The van der Waals surface area contributed by atoms with Gasteiger partial charge >= 0.3 is 7.12 Å². The molecule has 0 radical (unpaired) electrons. The molecular formula is C9H8BBrO2S. The molecule has 2 aromatic rings. The van der Waals surface area contributed by atoms with Gasteiger partial charge in [-0.3, -0.25) is 0 Å². The summed E-state index contributed by atoms with van der Waals surface area (Å²) in [6.45, 7) is 1.90. The van der Waals surface area contributed by atoms with Gasteiger partial charge in [0.1, 0.15) is 0 Å². The zero-order valence-electron chi connectivity index (χ0n) is 7.49. The zero-order valence-corrected chi connectivity index (χ0v) is 9.89. The fourth-order valence-electron chi connectivity index (χ4n) is 1.46. The van der Waals surface area contributed by atoms with Crippen LogP contribution >= 0.6 is 27.3 Å². The number of halogens is 1. The van der Waals surface area contributed by atoms with Gasteiger partial charge in [-0.1, -0.05) is 15.9 Å². The highest BCUT2D eigenvalue weighted by Gasteiger charge is 2.18. The Morgan fingerprint density at radius 2 is 2.07 bits per heavy atom. The normalized spacial score (nSPS) is 10.9. The summed E-state index contributed by atoms with van der Waals surface area (Å²) in [5, 5.41) is 19.3. The molecule has 0 spiro atoms. The van der Waals surface area contributed by atoms with Gasteiger partial charge in [0.25, 0.3) is 0 Å². The van der Waals surface area contributed by atoms with Crippen LogP contribution in [0.1, 0.15) is 5.56 Å². The van der Waals surface area contributed by atoms with Crippen molar-refractivity contribution in [2.45, 2.75) is 6.92 Å². The largest absolute Gasteiger partial charge is 0.499 e. The summed E-state index contributed by atoms with van der Waals surface area (Å²) < 4.78 is 2.71. The van der Waals surface area contributed by atoms with Crippen LogP contribution in [0.25, 0.3) is 10.1 Å². The first kappa shape index (κ1) is 10.2. The van der Waals surface area contributed by atoms with Gasteiger partial charge in [0.2, 0.25) is 0 Å². The number of hydrogen-bond donors (Lipinski definition) is 2. The third kappa shape index (κ3) is 1.61. The first-order chi connectivity index (χ1) is 6.59. The summed E-state index contributed by atoms with van der Waals surface area (Å²) in [6.07, 6.45) is 0. The first-order valence-corrected chi connectivity index (χ1v) is 5.75. The Kier molecular flexibility index (Phi) is 2.66. The minimum Gasteiger partial charge on any atom is -0.423 e. The minimum absolute atomic E-state index is 0.623. The molecule has 14 heavy (non-hydrogen) atoms. The van der Waals surface area contributed by atoms with Gasteiger partial charge in [0.15, 0.2) is 0 Å². The lowest BCUT2D eigenvalue weighted by atomic mass is 9.86. The summed E-state index contributed by atoms with van der Waals surface area (Å²) in [6, 6.07) is 5.92. The molecule has 0 saturated heterocycles. The molecule has 0 fully saturated rings. The number of aryl methyl sites for hydroxylation is 1. The van der Waals surface area contributed by atoms with Crippen molar-refractivity contribution in [1.82, 2.24) is 0 Å². The number of thiophene rings is 1. The van der Waals surface area contributed by atoms with E-state index in [2.05, 4.69) is 15.9 Å². The molecule has 0 aliphatic heterocycles. The van der Waals surface area contributed by atoms with Crippen LogP contribution in [0.4, 0.5) is 0 Å². The summed E-state index contributed by atoms with van der Waals surface area (Å²) >= 11 is 4.81. The van der Waals surface area contributed by atoms with Crippen molar-refractivity contribution in [2.75, 3.05) is 0 Å². The van der Waals surface area contributed by atoms with Gasteiger partial charge in [0, 0.05) is 13.9 Å². The van der Waals surface area contributed by atoms with Crippen molar-refractivity contribution in [3.63, 3.8) is 0 Å². The van der Waals surface area contributed by atoms with Crippen LogP contribution in [-0.2, 0) is 0 Å². The van der Waals surface area contributed by atoms with Gasteiger partial charge in [-0.2, -0.15) is 0 Å². The van der Waals surface area contributed by atoms with Crippen LogP contribution < -0.4 is 4.78 Å². The van der Waals surface area contributed by atoms with Gasteiger partial charge in [0.05, 0.1) is 0 Å². The SMILES string of the molecule is Cc1c(B(O)O)sc2ccc(Br)cc12. The molecule has 1 aromatic carbocycles. The van der Waals surface area contributed by atoms with E-state index in [0.29, 0.717) is 4.78 Å². The number of fused-ring (bicyclic) bond motifs is 1. The molecule has 0 atom stereocenters. The van der Waals surface area contributed by atoms with Crippen LogP contribution in [0, 0.1) is 6.92 Å². The third-order valence-electron chi connectivity index (χ3n) is 2.17. The maximum absolute atomic E-state index is 9.13. The lowest BCUT2D eigenvalue weighted by molar-refractivity contribution is 0.426. The molecule has 0 bridgehead atoms. The number of hydrogen-bond acceptors (Lipinski definition) is 3. The fraction of sp³-hybridized carbons (Fsp3) is 0.111. The van der Waals surface area contributed by atoms with E-state index >= 15 is 0 Å². The molecule has 0 aliphatic rings. The molecular weight excluding hydrogens is 263 g/mol. The van der Waals surface area contributed by atoms with E-state index in [9.17, 15) is 0 Å². The molecule has 1 aromatic heterocycles. The van der Waals surface area contributed by atoms with E-state index < -0.39 is 7.12 Å². The first-order valence-electron chi connectivity index (χ1n) is 4.14. The van der Waals surface area contributed by atoms with E-state index in [0.717, 1.165) is 20.1 Å². The minimum atomic E-state index is -1.37. The molecule has 0 amide bonds. The van der Waals surface area contributed by atoms with E-state index in [1.807, 2.05) is 25.1 Å². The summed E-state index contributed by atoms with van der Waals surface area (Å²) in [5.74, 6) is 0. The molecule has 1 heterocycles. The molecule has 5 heteroatoms. The Bertz CT molecular complexity index is 481. The number of rotatable bonds is 1. The third-order valence-corrected chi connectivity index (χ3v) is 3.98. The highest BCUT2D eigenvalue weighted by Crippen LogP contribution is 2.26. The standard InChI is InChI=1S/C9H8BBrO2S/c1-5-7-4-6(11)2-3-8(7)14-9(5)10(12)13/h2-4,12-13H,1H3. The van der Waals surface area contributed by atoms with E-state index in [4.69, 9.17) is 10.0 Å². The highest BCUT2D eigenvalue weighted by atomic mass is 79.9. The van der Waals surface area contributed by atoms with Crippen LogP contribution in [-0.4, -0.2) is 17.2 Å². The predicted octanol–water partition coefficient (Wildman–Crippen LogP) is 1.65. The van der Waals surface area contributed by atoms with E-state index in [1.54, 1.807) is 0 Å². The highest BCUT2D eigenvalue weighted by molar-refractivity contribution is 9.10. The Labute approximate surface area is 94.5 Å². The second kappa shape index (κ2) is 3.66. The molecule has 2 rings (SSSR count). The molecule has 0 unspecified atom stereocenters. The smallest absolute Gasteiger partial charge is 0.423 e. The molecule has 2 nitrogen and oxygen atoms in total. The average Bonchev–Trinajstić information content (AvgIpc) is 2.44. The number of benzene rings is 1. The van der Waals surface area contributed by atoms with Crippen molar-refractivity contribution < 1.29 is 10.0 Å². The van der Waals surface area contributed by atoms with Crippen LogP contribution in [0.3, 0.4) is 0 Å².